The van der Waals surface area contributed by atoms with Crippen molar-refractivity contribution in [3.63, 3.8) is 0 Å². The quantitative estimate of drug-likeness (QED) is 0.283. The molecule has 0 atom stereocenters. The lowest BCUT2D eigenvalue weighted by atomic mass is 10.2. The van der Waals surface area contributed by atoms with Gasteiger partial charge in [0, 0.05) is 6.42 Å². The highest BCUT2D eigenvalue weighted by Gasteiger charge is 1.92. The van der Waals surface area contributed by atoms with E-state index < -0.39 is 5.97 Å². The molecule has 0 aliphatic carbocycles. The number of carboxylic acid groups (broad SMARTS) is 1. The minimum atomic E-state index is -0.771. The van der Waals surface area contributed by atoms with E-state index in [1.165, 1.54) is 6.08 Å². The zero-order valence-corrected chi connectivity index (χ0v) is 6.77. The Bertz CT molecular complexity index is 192. The van der Waals surface area contributed by atoms with E-state index in [1.807, 2.05) is 6.08 Å². The molecule has 0 aromatic rings. The molecule has 12 heavy (non-hydrogen) atoms. The summed E-state index contributed by atoms with van der Waals surface area (Å²) in [5.41, 5.74) is 0. The van der Waals surface area contributed by atoms with Crippen molar-refractivity contribution in [2.75, 3.05) is 0 Å². The van der Waals surface area contributed by atoms with Crippen molar-refractivity contribution in [1.29, 1.82) is 0 Å². The molecule has 0 saturated carbocycles. The Balaban J connectivity index is 3.30. The number of aliphatic carboxylic acids is 1. The van der Waals surface area contributed by atoms with Crippen molar-refractivity contribution < 1.29 is 14.7 Å². The zero-order valence-electron chi connectivity index (χ0n) is 6.77. The monoisotopic (exact) mass is 168 g/mol. The fraction of sp³-hybridized carbons (Fsp3) is 0.333. The summed E-state index contributed by atoms with van der Waals surface area (Å²) in [5.74, 6) is -0.771. The number of carboxylic acids is 1. The molecule has 0 amide bonds. The van der Waals surface area contributed by atoms with E-state index in [9.17, 15) is 9.59 Å². The molecule has 0 aliphatic rings. The summed E-state index contributed by atoms with van der Waals surface area (Å²) in [6.45, 7) is 0. The van der Waals surface area contributed by atoms with Gasteiger partial charge < -0.3 is 5.11 Å². The summed E-state index contributed by atoms with van der Waals surface area (Å²) >= 11 is 0. The summed E-state index contributed by atoms with van der Waals surface area (Å²) in [6, 6.07) is 0. The second-order valence-electron chi connectivity index (χ2n) is 2.24. The number of carbonyl (C=O) groups excluding carboxylic acids is 1. The second kappa shape index (κ2) is 7.72. The fourth-order valence-corrected chi connectivity index (χ4v) is 0.655. The molecule has 0 aromatic heterocycles. The fourth-order valence-electron chi connectivity index (χ4n) is 0.655. The van der Waals surface area contributed by atoms with Gasteiger partial charge in [0.25, 0.3) is 0 Å². The predicted octanol–water partition coefficient (Wildman–Crippen LogP) is 1.55. The van der Waals surface area contributed by atoms with Crippen LogP contribution in [-0.2, 0) is 9.59 Å². The first-order valence-corrected chi connectivity index (χ1v) is 3.76. The van der Waals surface area contributed by atoms with Crippen molar-refractivity contribution in [1.82, 2.24) is 0 Å². The van der Waals surface area contributed by atoms with Gasteiger partial charge in [0.05, 0.1) is 0 Å². The Morgan fingerprint density at radius 3 is 2.58 bits per heavy atom. The molecule has 0 spiro atoms. The minimum absolute atomic E-state index is 0.196. The van der Waals surface area contributed by atoms with Crippen LogP contribution in [0, 0.1) is 0 Å². The van der Waals surface area contributed by atoms with Crippen molar-refractivity contribution in [3.8, 4) is 0 Å². The summed E-state index contributed by atoms with van der Waals surface area (Å²) in [4.78, 5) is 19.8. The van der Waals surface area contributed by atoms with Crippen LogP contribution in [0.1, 0.15) is 19.3 Å². The number of carbonyl (C=O) groups is 2. The maximum Gasteiger partial charge on any atom is 0.303 e. The molecule has 0 radical (unpaired) electrons. The lowest BCUT2D eigenvalue weighted by molar-refractivity contribution is -0.137. The molecule has 0 saturated heterocycles. The van der Waals surface area contributed by atoms with E-state index in [0.717, 1.165) is 6.42 Å². The molecule has 3 heteroatoms. The van der Waals surface area contributed by atoms with E-state index in [4.69, 9.17) is 5.11 Å². The highest BCUT2D eigenvalue weighted by Crippen LogP contribution is 1.96. The average molecular weight is 168 g/mol. The zero-order chi connectivity index (χ0) is 9.23. The van der Waals surface area contributed by atoms with E-state index in [-0.39, 0.29) is 6.42 Å². The van der Waals surface area contributed by atoms with Crippen molar-refractivity contribution in [3.05, 3.63) is 24.3 Å². The standard InChI is InChI=1S/C9H12O3/c10-8-6-4-2-1-3-5-7-9(11)12/h1-2,4,6,8H,3,5,7H2,(H,11,12)/b2-1+,6-4+. The summed E-state index contributed by atoms with van der Waals surface area (Å²) < 4.78 is 0. The van der Waals surface area contributed by atoms with Gasteiger partial charge in [-0.1, -0.05) is 18.2 Å². The molecule has 66 valence electrons. The third-order valence-electron chi connectivity index (χ3n) is 1.20. The average Bonchev–Trinajstić information content (AvgIpc) is 2.02. The van der Waals surface area contributed by atoms with E-state index in [0.29, 0.717) is 12.7 Å². The van der Waals surface area contributed by atoms with Gasteiger partial charge in [-0.05, 0) is 18.9 Å². The molecule has 0 fully saturated rings. The lowest BCUT2D eigenvalue weighted by Crippen LogP contribution is -1.92. The summed E-state index contributed by atoms with van der Waals surface area (Å²) in [7, 11) is 0. The van der Waals surface area contributed by atoms with Crippen LogP contribution in [-0.4, -0.2) is 17.4 Å². The van der Waals surface area contributed by atoms with Gasteiger partial charge in [-0.15, -0.1) is 0 Å². The maximum absolute atomic E-state index is 10.1. The van der Waals surface area contributed by atoms with Crippen LogP contribution in [0.2, 0.25) is 0 Å². The first kappa shape index (κ1) is 10.6. The van der Waals surface area contributed by atoms with Crippen LogP contribution in [0.25, 0.3) is 0 Å². The Hall–Kier alpha value is -1.38. The molecule has 0 bridgehead atoms. The molecular weight excluding hydrogens is 156 g/mol. The van der Waals surface area contributed by atoms with Gasteiger partial charge in [-0.2, -0.15) is 0 Å². The Kier molecular flexibility index (Phi) is 6.84. The Morgan fingerprint density at radius 1 is 1.25 bits per heavy atom. The topological polar surface area (TPSA) is 54.4 Å². The Morgan fingerprint density at radius 2 is 2.00 bits per heavy atom. The van der Waals surface area contributed by atoms with Gasteiger partial charge in [-0.25, -0.2) is 0 Å². The van der Waals surface area contributed by atoms with Gasteiger partial charge in [-0.3, -0.25) is 9.59 Å². The molecule has 0 aromatic carbocycles. The number of hydrogen-bond donors (Lipinski definition) is 1. The van der Waals surface area contributed by atoms with Gasteiger partial charge in [0.1, 0.15) is 6.29 Å². The molecule has 0 aliphatic heterocycles. The van der Waals surface area contributed by atoms with E-state index in [1.54, 1.807) is 12.2 Å². The van der Waals surface area contributed by atoms with E-state index in [2.05, 4.69) is 0 Å². The number of allylic oxidation sites excluding steroid dienone is 4. The first-order chi connectivity index (χ1) is 5.77. The van der Waals surface area contributed by atoms with E-state index >= 15 is 0 Å². The molecule has 0 rings (SSSR count). The second-order valence-corrected chi connectivity index (χ2v) is 2.24. The van der Waals surface area contributed by atoms with Crippen molar-refractivity contribution in [2.45, 2.75) is 19.3 Å². The molecular formula is C9H12O3. The largest absolute Gasteiger partial charge is 0.481 e. The van der Waals surface area contributed by atoms with Crippen LogP contribution >= 0.6 is 0 Å². The normalized spacial score (nSPS) is 11.0. The minimum Gasteiger partial charge on any atom is -0.481 e. The Labute approximate surface area is 71.4 Å². The van der Waals surface area contributed by atoms with Gasteiger partial charge in [0.2, 0.25) is 0 Å². The van der Waals surface area contributed by atoms with Crippen molar-refractivity contribution >= 4 is 12.3 Å². The highest BCUT2D eigenvalue weighted by atomic mass is 16.4. The molecule has 1 N–H and O–H groups in total. The maximum atomic E-state index is 10.1. The van der Waals surface area contributed by atoms with Gasteiger partial charge in [0.15, 0.2) is 0 Å². The smallest absolute Gasteiger partial charge is 0.303 e. The number of aldehydes is 1. The molecule has 0 unspecified atom stereocenters. The summed E-state index contributed by atoms with van der Waals surface area (Å²) in [6.07, 6.45) is 8.83. The number of rotatable bonds is 6. The lowest BCUT2D eigenvalue weighted by Gasteiger charge is -1.88. The van der Waals surface area contributed by atoms with Crippen LogP contribution in [0.4, 0.5) is 0 Å². The SMILES string of the molecule is O=C/C=C/C=C/CCCC(=O)O. The van der Waals surface area contributed by atoms with Crippen molar-refractivity contribution in [2.24, 2.45) is 0 Å². The molecule has 0 heterocycles. The van der Waals surface area contributed by atoms with Crippen LogP contribution in [0.15, 0.2) is 24.3 Å². The van der Waals surface area contributed by atoms with Crippen LogP contribution in [0.5, 0.6) is 0 Å². The van der Waals surface area contributed by atoms with Crippen LogP contribution in [0.3, 0.4) is 0 Å². The number of unbranched alkanes of at least 4 members (excludes halogenated alkanes) is 1. The first-order valence-electron chi connectivity index (χ1n) is 3.76. The van der Waals surface area contributed by atoms with Crippen LogP contribution < -0.4 is 0 Å². The third-order valence-corrected chi connectivity index (χ3v) is 1.20. The molecule has 3 nitrogen and oxygen atoms in total. The summed E-state index contributed by atoms with van der Waals surface area (Å²) in [5, 5.41) is 8.27. The number of hydrogen-bond acceptors (Lipinski definition) is 2. The van der Waals surface area contributed by atoms with Gasteiger partial charge >= 0.3 is 5.97 Å². The third kappa shape index (κ3) is 8.62. The highest BCUT2D eigenvalue weighted by molar-refractivity contribution is 5.66. The predicted molar refractivity (Wildman–Crippen MR) is 45.8 cm³/mol.